The SMILES string of the molecule is Cc1ccccc1-n1cc(CN(C)C(=O)C2CC(=O)OC23CCCC3)cn1. The number of nitrogens with zero attached hydrogens (tertiary/aromatic N) is 3. The Morgan fingerprint density at radius 2 is 2.07 bits per heavy atom. The third-order valence-corrected chi connectivity index (χ3v) is 5.87. The first-order chi connectivity index (χ1) is 13.0. The van der Waals surface area contributed by atoms with Crippen molar-refractivity contribution in [3.8, 4) is 5.69 Å². The number of para-hydroxylation sites is 1. The highest BCUT2D eigenvalue weighted by Gasteiger charge is 2.54. The second-order valence-electron chi connectivity index (χ2n) is 7.78. The Morgan fingerprint density at radius 3 is 2.81 bits per heavy atom. The fraction of sp³-hybridized carbons (Fsp3) is 0.476. The highest BCUT2D eigenvalue weighted by atomic mass is 16.6. The second-order valence-corrected chi connectivity index (χ2v) is 7.78. The summed E-state index contributed by atoms with van der Waals surface area (Å²) in [5.41, 5.74) is 2.56. The molecular weight excluding hydrogens is 342 g/mol. The van der Waals surface area contributed by atoms with Gasteiger partial charge in [0.25, 0.3) is 0 Å². The van der Waals surface area contributed by atoms with Crippen LogP contribution in [0.3, 0.4) is 0 Å². The van der Waals surface area contributed by atoms with Crippen molar-refractivity contribution in [2.24, 2.45) is 5.92 Å². The van der Waals surface area contributed by atoms with Gasteiger partial charge in [0, 0.05) is 25.4 Å². The van der Waals surface area contributed by atoms with Crippen LogP contribution in [-0.4, -0.2) is 39.2 Å². The molecule has 2 aromatic rings. The van der Waals surface area contributed by atoms with E-state index in [2.05, 4.69) is 5.10 Å². The number of hydrogen-bond acceptors (Lipinski definition) is 4. The van der Waals surface area contributed by atoms with Gasteiger partial charge in [-0.05, 0) is 44.2 Å². The van der Waals surface area contributed by atoms with E-state index < -0.39 is 5.60 Å². The van der Waals surface area contributed by atoms with E-state index in [1.165, 1.54) is 0 Å². The highest BCUT2D eigenvalue weighted by Crippen LogP contribution is 2.46. The van der Waals surface area contributed by atoms with Crippen LogP contribution < -0.4 is 0 Å². The molecule has 1 aliphatic carbocycles. The third kappa shape index (κ3) is 3.24. The van der Waals surface area contributed by atoms with Crippen LogP contribution in [-0.2, 0) is 20.9 Å². The average Bonchev–Trinajstić information content (AvgIpc) is 3.36. The minimum atomic E-state index is -0.562. The number of esters is 1. The number of carbonyl (C=O) groups is 2. The van der Waals surface area contributed by atoms with Crippen LogP contribution in [0.2, 0.25) is 0 Å². The zero-order valence-electron chi connectivity index (χ0n) is 15.9. The number of amides is 1. The van der Waals surface area contributed by atoms with Gasteiger partial charge in [0.05, 0.1) is 24.2 Å². The standard InChI is InChI=1S/C21H25N3O3/c1-15-7-3-4-8-18(15)24-14-16(12-22-24)13-23(2)20(26)17-11-19(25)27-21(17)9-5-6-10-21/h3-4,7-8,12,14,17H,5-6,9-11,13H2,1-2H3. The first kappa shape index (κ1) is 17.8. The monoisotopic (exact) mass is 367 g/mol. The molecule has 2 heterocycles. The fourth-order valence-electron chi connectivity index (χ4n) is 4.44. The molecule has 1 unspecified atom stereocenters. The molecule has 0 radical (unpaired) electrons. The van der Waals surface area contributed by atoms with Gasteiger partial charge in [0.15, 0.2) is 0 Å². The molecule has 1 spiro atoms. The van der Waals surface area contributed by atoms with E-state index in [1.54, 1.807) is 18.1 Å². The van der Waals surface area contributed by atoms with Crippen LogP contribution in [0.4, 0.5) is 0 Å². The van der Waals surface area contributed by atoms with E-state index in [1.807, 2.05) is 42.1 Å². The molecule has 1 saturated carbocycles. The molecule has 2 aliphatic rings. The summed E-state index contributed by atoms with van der Waals surface area (Å²) >= 11 is 0. The average molecular weight is 367 g/mol. The lowest BCUT2D eigenvalue weighted by molar-refractivity contribution is -0.151. The summed E-state index contributed by atoms with van der Waals surface area (Å²) in [6.45, 7) is 2.51. The van der Waals surface area contributed by atoms with Crippen LogP contribution in [0, 0.1) is 12.8 Å². The van der Waals surface area contributed by atoms with Gasteiger partial charge in [-0.25, -0.2) is 4.68 Å². The Morgan fingerprint density at radius 1 is 1.33 bits per heavy atom. The van der Waals surface area contributed by atoms with Crippen LogP contribution in [0.1, 0.15) is 43.2 Å². The minimum Gasteiger partial charge on any atom is -0.458 e. The maximum atomic E-state index is 13.1. The number of benzene rings is 1. The smallest absolute Gasteiger partial charge is 0.307 e. The van der Waals surface area contributed by atoms with Crippen molar-refractivity contribution in [1.82, 2.24) is 14.7 Å². The Kier molecular flexibility index (Phi) is 4.50. The topological polar surface area (TPSA) is 64.4 Å². The normalized spacial score (nSPS) is 20.8. The second kappa shape index (κ2) is 6.83. The predicted molar refractivity (Wildman–Crippen MR) is 100 cm³/mol. The predicted octanol–water partition coefficient (Wildman–Crippen LogP) is 3.02. The minimum absolute atomic E-state index is 0.00797. The summed E-state index contributed by atoms with van der Waals surface area (Å²) in [5.74, 6) is -0.605. The summed E-state index contributed by atoms with van der Waals surface area (Å²) in [4.78, 5) is 26.6. The molecule has 4 rings (SSSR count). The molecule has 1 aromatic carbocycles. The lowest BCUT2D eigenvalue weighted by Gasteiger charge is -2.30. The van der Waals surface area contributed by atoms with Gasteiger partial charge in [-0.1, -0.05) is 18.2 Å². The zero-order valence-corrected chi connectivity index (χ0v) is 15.9. The van der Waals surface area contributed by atoms with Crippen molar-refractivity contribution in [3.63, 3.8) is 0 Å². The van der Waals surface area contributed by atoms with Crippen LogP contribution in [0.5, 0.6) is 0 Å². The molecule has 27 heavy (non-hydrogen) atoms. The molecule has 6 heteroatoms. The largest absolute Gasteiger partial charge is 0.458 e. The highest BCUT2D eigenvalue weighted by molar-refractivity contribution is 5.87. The number of aryl methyl sites for hydroxylation is 1. The van der Waals surface area contributed by atoms with Crippen molar-refractivity contribution in [2.45, 2.75) is 51.2 Å². The first-order valence-electron chi connectivity index (χ1n) is 9.55. The Bertz CT molecular complexity index is 867. The van der Waals surface area contributed by atoms with Crippen molar-refractivity contribution < 1.29 is 14.3 Å². The molecule has 0 N–H and O–H groups in total. The zero-order chi connectivity index (χ0) is 19.0. The van der Waals surface area contributed by atoms with E-state index in [4.69, 9.17) is 4.74 Å². The molecule has 1 saturated heterocycles. The van der Waals surface area contributed by atoms with Gasteiger partial charge >= 0.3 is 5.97 Å². The molecule has 142 valence electrons. The molecule has 1 amide bonds. The summed E-state index contributed by atoms with van der Waals surface area (Å²) in [6.07, 6.45) is 7.58. The van der Waals surface area contributed by atoms with Gasteiger partial charge in [-0.2, -0.15) is 5.10 Å². The van der Waals surface area contributed by atoms with Crippen molar-refractivity contribution in [1.29, 1.82) is 0 Å². The van der Waals surface area contributed by atoms with E-state index in [0.29, 0.717) is 6.54 Å². The Hall–Kier alpha value is -2.63. The molecule has 1 aromatic heterocycles. The van der Waals surface area contributed by atoms with Gasteiger partial charge in [-0.15, -0.1) is 0 Å². The molecule has 0 bridgehead atoms. The van der Waals surface area contributed by atoms with Gasteiger partial charge in [0.2, 0.25) is 5.91 Å². The number of aromatic nitrogens is 2. The van der Waals surface area contributed by atoms with E-state index in [9.17, 15) is 9.59 Å². The lowest BCUT2D eigenvalue weighted by atomic mass is 9.84. The summed E-state index contributed by atoms with van der Waals surface area (Å²) in [5, 5.41) is 4.44. The van der Waals surface area contributed by atoms with Crippen molar-refractivity contribution >= 4 is 11.9 Å². The Balaban J connectivity index is 1.48. The number of rotatable bonds is 4. The number of hydrogen-bond donors (Lipinski definition) is 0. The molecule has 1 aliphatic heterocycles. The van der Waals surface area contributed by atoms with Crippen molar-refractivity contribution in [2.75, 3.05) is 7.05 Å². The van der Waals surface area contributed by atoms with Gasteiger partial charge in [0.1, 0.15) is 5.60 Å². The van der Waals surface area contributed by atoms with Crippen LogP contribution in [0.25, 0.3) is 5.69 Å². The fourth-order valence-corrected chi connectivity index (χ4v) is 4.44. The quantitative estimate of drug-likeness (QED) is 0.779. The molecule has 6 nitrogen and oxygen atoms in total. The lowest BCUT2D eigenvalue weighted by Crippen LogP contribution is -2.43. The van der Waals surface area contributed by atoms with Crippen LogP contribution >= 0.6 is 0 Å². The van der Waals surface area contributed by atoms with E-state index in [0.717, 1.165) is 42.5 Å². The third-order valence-electron chi connectivity index (χ3n) is 5.87. The Labute approximate surface area is 159 Å². The maximum Gasteiger partial charge on any atom is 0.307 e. The maximum absolute atomic E-state index is 13.1. The number of ether oxygens (including phenoxy) is 1. The summed E-state index contributed by atoms with van der Waals surface area (Å²) in [6, 6.07) is 8.05. The molecular formula is C21H25N3O3. The van der Waals surface area contributed by atoms with Gasteiger partial charge < -0.3 is 9.64 Å². The molecule has 2 fully saturated rings. The first-order valence-corrected chi connectivity index (χ1v) is 9.55. The van der Waals surface area contributed by atoms with Gasteiger partial charge in [-0.3, -0.25) is 9.59 Å². The number of carbonyl (C=O) groups excluding carboxylic acids is 2. The van der Waals surface area contributed by atoms with Crippen LogP contribution in [0.15, 0.2) is 36.7 Å². The summed E-state index contributed by atoms with van der Waals surface area (Å²) < 4.78 is 7.45. The summed E-state index contributed by atoms with van der Waals surface area (Å²) in [7, 11) is 1.79. The van der Waals surface area contributed by atoms with E-state index in [-0.39, 0.29) is 24.2 Å². The van der Waals surface area contributed by atoms with Crippen molar-refractivity contribution in [3.05, 3.63) is 47.8 Å². The van der Waals surface area contributed by atoms with E-state index >= 15 is 0 Å². The molecule has 1 atom stereocenters.